The van der Waals surface area contributed by atoms with Crippen LogP contribution < -0.4 is 10.5 Å². The minimum atomic E-state index is -3.86. The molecule has 1 aromatic carbocycles. The number of nitrogens with one attached hydrogen (secondary N) is 1. The number of nitrogens with zero attached hydrogens (tertiary/aromatic N) is 1. The summed E-state index contributed by atoms with van der Waals surface area (Å²) in [7, 11) is -3.86. The van der Waals surface area contributed by atoms with E-state index >= 15 is 0 Å². The molecule has 7 nitrogen and oxygen atoms in total. The molecule has 1 fully saturated rings. The molecule has 0 aliphatic carbocycles. The average Bonchev–Trinajstić information content (AvgIpc) is 2.94. The molecule has 1 atom stereocenters. The summed E-state index contributed by atoms with van der Waals surface area (Å²) in [4.78, 5) is 13.7. The molecule has 1 aromatic rings. The molecule has 0 radical (unpaired) electrons. The molecule has 1 heterocycles. The molecular formula is C13H19N3O4S. The Labute approximate surface area is 123 Å². The third kappa shape index (κ3) is 3.45. The Morgan fingerprint density at radius 1 is 1.38 bits per heavy atom. The number of hydrogen-bond donors (Lipinski definition) is 3. The molecular weight excluding hydrogens is 294 g/mol. The van der Waals surface area contributed by atoms with E-state index < -0.39 is 16.1 Å². The standard InChI is InChI=1S/C13H19N3O4S/c1-9(13(18)16-6-2-3-7-16)15-21(19,20)10-4-5-12(17)11(14)8-10/h4-5,8-9,15,17H,2-3,6-7,14H2,1H3. The van der Waals surface area contributed by atoms with Gasteiger partial charge in [0.1, 0.15) is 5.75 Å². The molecule has 4 N–H and O–H groups in total. The Balaban J connectivity index is 2.12. The van der Waals surface area contributed by atoms with Crippen LogP contribution in [0.4, 0.5) is 5.69 Å². The van der Waals surface area contributed by atoms with E-state index in [9.17, 15) is 18.3 Å². The van der Waals surface area contributed by atoms with Gasteiger partial charge in [-0.15, -0.1) is 0 Å². The van der Waals surface area contributed by atoms with Gasteiger partial charge in [-0.1, -0.05) is 0 Å². The van der Waals surface area contributed by atoms with Crippen LogP contribution in [0.3, 0.4) is 0 Å². The van der Waals surface area contributed by atoms with Gasteiger partial charge in [0.15, 0.2) is 0 Å². The van der Waals surface area contributed by atoms with Crippen LogP contribution in [0.2, 0.25) is 0 Å². The molecule has 0 bridgehead atoms. The monoisotopic (exact) mass is 313 g/mol. The first kappa shape index (κ1) is 15.6. The largest absolute Gasteiger partial charge is 0.506 e. The third-order valence-corrected chi connectivity index (χ3v) is 4.97. The zero-order valence-electron chi connectivity index (χ0n) is 11.7. The number of sulfonamides is 1. The number of phenols is 1. The average molecular weight is 313 g/mol. The quantitative estimate of drug-likeness (QED) is 0.545. The molecule has 0 spiro atoms. The fourth-order valence-corrected chi connectivity index (χ4v) is 3.49. The van der Waals surface area contributed by atoms with Gasteiger partial charge in [-0.3, -0.25) is 4.79 Å². The van der Waals surface area contributed by atoms with Gasteiger partial charge in [-0.2, -0.15) is 4.72 Å². The van der Waals surface area contributed by atoms with Crippen LogP contribution in [0.1, 0.15) is 19.8 Å². The fraction of sp³-hybridized carbons (Fsp3) is 0.462. The van der Waals surface area contributed by atoms with Crippen molar-refractivity contribution >= 4 is 21.6 Å². The molecule has 8 heteroatoms. The molecule has 1 aliphatic heterocycles. The smallest absolute Gasteiger partial charge is 0.241 e. The second kappa shape index (κ2) is 5.90. The molecule has 2 rings (SSSR count). The van der Waals surface area contributed by atoms with Crippen molar-refractivity contribution in [2.24, 2.45) is 0 Å². The molecule has 0 aromatic heterocycles. The van der Waals surface area contributed by atoms with Crippen molar-refractivity contribution in [1.82, 2.24) is 9.62 Å². The van der Waals surface area contributed by atoms with E-state index in [1.165, 1.54) is 19.1 Å². The van der Waals surface area contributed by atoms with E-state index in [0.29, 0.717) is 13.1 Å². The summed E-state index contributed by atoms with van der Waals surface area (Å²) in [5.74, 6) is -0.419. The maximum atomic E-state index is 12.2. The maximum absolute atomic E-state index is 12.2. The summed E-state index contributed by atoms with van der Waals surface area (Å²) < 4.78 is 26.8. The zero-order valence-corrected chi connectivity index (χ0v) is 12.6. The van der Waals surface area contributed by atoms with Gasteiger partial charge in [-0.25, -0.2) is 8.42 Å². The topological polar surface area (TPSA) is 113 Å². The van der Waals surface area contributed by atoms with Crippen LogP contribution in [0.25, 0.3) is 0 Å². The lowest BCUT2D eigenvalue weighted by Gasteiger charge is -2.21. The van der Waals surface area contributed by atoms with Gasteiger partial charge in [0.05, 0.1) is 16.6 Å². The van der Waals surface area contributed by atoms with Crippen molar-refractivity contribution < 1.29 is 18.3 Å². The van der Waals surface area contributed by atoms with E-state index in [1.807, 2.05) is 0 Å². The van der Waals surface area contributed by atoms with Crippen LogP contribution in [0, 0.1) is 0 Å². The Hall–Kier alpha value is -1.80. The number of rotatable bonds is 4. The van der Waals surface area contributed by atoms with Crippen molar-refractivity contribution in [2.75, 3.05) is 18.8 Å². The van der Waals surface area contributed by atoms with Gasteiger partial charge in [-0.05, 0) is 38.0 Å². The summed E-state index contributed by atoms with van der Waals surface area (Å²) in [6, 6.07) is 2.76. The lowest BCUT2D eigenvalue weighted by atomic mass is 10.3. The zero-order chi connectivity index (χ0) is 15.6. The molecule has 1 unspecified atom stereocenters. The van der Waals surface area contributed by atoms with Crippen molar-refractivity contribution in [3.8, 4) is 5.75 Å². The van der Waals surface area contributed by atoms with Crippen molar-refractivity contribution in [2.45, 2.75) is 30.7 Å². The highest BCUT2D eigenvalue weighted by Gasteiger charge is 2.27. The second-order valence-electron chi connectivity index (χ2n) is 5.10. The highest BCUT2D eigenvalue weighted by molar-refractivity contribution is 7.89. The Morgan fingerprint density at radius 2 is 2.00 bits per heavy atom. The minimum absolute atomic E-state index is 0.0311. The molecule has 21 heavy (non-hydrogen) atoms. The minimum Gasteiger partial charge on any atom is -0.506 e. The van der Waals surface area contributed by atoms with Crippen molar-refractivity contribution in [1.29, 1.82) is 0 Å². The van der Waals surface area contributed by atoms with E-state index in [-0.39, 0.29) is 22.2 Å². The summed E-state index contributed by atoms with van der Waals surface area (Å²) in [6.45, 7) is 2.84. The normalized spacial score (nSPS) is 16.9. The lowest BCUT2D eigenvalue weighted by Crippen LogP contribution is -2.45. The number of hydrogen-bond acceptors (Lipinski definition) is 5. The van der Waals surface area contributed by atoms with E-state index in [1.54, 1.807) is 4.90 Å². The molecule has 1 aliphatic rings. The third-order valence-electron chi connectivity index (χ3n) is 3.43. The first-order valence-electron chi connectivity index (χ1n) is 6.71. The van der Waals surface area contributed by atoms with Gasteiger partial charge in [0, 0.05) is 13.1 Å². The van der Waals surface area contributed by atoms with Crippen LogP contribution in [-0.2, 0) is 14.8 Å². The number of amides is 1. The molecule has 1 amide bonds. The number of carbonyl (C=O) groups is 1. The number of carbonyl (C=O) groups excluding carboxylic acids is 1. The van der Waals surface area contributed by atoms with Crippen molar-refractivity contribution in [3.63, 3.8) is 0 Å². The number of aromatic hydroxyl groups is 1. The van der Waals surface area contributed by atoms with Gasteiger partial charge in [0.25, 0.3) is 0 Å². The van der Waals surface area contributed by atoms with Crippen LogP contribution in [0.5, 0.6) is 5.75 Å². The number of phenolic OH excluding ortho intramolecular Hbond substituents is 1. The van der Waals surface area contributed by atoms with Crippen LogP contribution >= 0.6 is 0 Å². The van der Waals surface area contributed by atoms with Gasteiger partial charge in [0.2, 0.25) is 15.9 Å². The van der Waals surface area contributed by atoms with Crippen LogP contribution in [-0.4, -0.2) is 43.5 Å². The number of likely N-dealkylation sites (tertiary alicyclic amines) is 1. The lowest BCUT2D eigenvalue weighted by molar-refractivity contribution is -0.131. The summed E-state index contributed by atoms with van der Waals surface area (Å²) in [5, 5.41) is 9.32. The Kier molecular flexibility index (Phi) is 4.38. The molecule has 0 saturated carbocycles. The Bertz CT molecular complexity index is 639. The predicted octanol–water partition coefficient (Wildman–Crippen LogP) is 0.264. The molecule has 1 saturated heterocycles. The summed E-state index contributed by atoms with van der Waals surface area (Å²) in [6.07, 6.45) is 1.89. The SMILES string of the molecule is CC(NS(=O)(=O)c1ccc(O)c(N)c1)C(=O)N1CCCC1. The second-order valence-corrected chi connectivity index (χ2v) is 6.81. The number of nitrogens with two attached hydrogens (primary N) is 1. The highest BCUT2D eigenvalue weighted by Crippen LogP contribution is 2.23. The number of nitrogen functional groups attached to an aromatic ring is 1. The number of benzene rings is 1. The van der Waals surface area contributed by atoms with E-state index in [2.05, 4.69) is 4.72 Å². The first-order valence-corrected chi connectivity index (χ1v) is 8.19. The van der Waals surface area contributed by atoms with Crippen LogP contribution in [0.15, 0.2) is 23.1 Å². The van der Waals surface area contributed by atoms with Gasteiger partial charge < -0.3 is 15.7 Å². The Morgan fingerprint density at radius 3 is 2.57 bits per heavy atom. The summed E-state index contributed by atoms with van der Waals surface area (Å²) >= 11 is 0. The van der Waals surface area contributed by atoms with E-state index in [0.717, 1.165) is 18.9 Å². The van der Waals surface area contributed by atoms with E-state index in [4.69, 9.17) is 5.73 Å². The highest BCUT2D eigenvalue weighted by atomic mass is 32.2. The van der Waals surface area contributed by atoms with Crippen molar-refractivity contribution in [3.05, 3.63) is 18.2 Å². The molecule has 116 valence electrons. The first-order chi connectivity index (χ1) is 9.81. The fourth-order valence-electron chi connectivity index (χ4n) is 2.26. The predicted molar refractivity (Wildman–Crippen MR) is 78.1 cm³/mol. The summed E-state index contributed by atoms with van der Waals surface area (Å²) in [5.41, 5.74) is 5.46. The number of anilines is 1. The van der Waals surface area contributed by atoms with Gasteiger partial charge >= 0.3 is 0 Å². The maximum Gasteiger partial charge on any atom is 0.241 e.